The molecule has 3 fully saturated rings. The molecule has 0 aromatic heterocycles. The summed E-state index contributed by atoms with van der Waals surface area (Å²) in [5.74, 6) is -0.753. The largest absolute Gasteiger partial charge is 0.462 e. The van der Waals surface area contributed by atoms with E-state index in [0.717, 1.165) is 18.4 Å². The summed E-state index contributed by atoms with van der Waals surface area (Å²) in [7, 11) is 0. The lowest BCUT2D eigenvalue weighted by Gasteiger charge is -2.58. The van der Waals surface area contributed by atoms with Crippen molar-refractivity contribution in [1.82, 2.24) is 0 Å². The number of aliphatic hydroxyl groups excluding tert-OH is 1. The van der Waals surface area contributed by atoms with Crippen LogP contribution in [0.1, 0.15) is 53.4 Å². The van der Waals surface area contributed by atoms with E-state index in [2.05, 4.69) is 19.9 Å². The van der Waals surface area contributed by atoms with E-state index in [9.17, 15) is 9.59 Å². The lowest BCUT2D eigenvalue weighted by molar-refractivity contribution is -0.232. The molecule has 1 spiro atoms. The summed E-state index contributed by atoms with van der Waals surface area (Å²) < 4.78 is 24.1. The van der Waals surface area contributed by atoms with Crippen molar-refractivity contribution in [1.29, 1.82) is 0 Å². The molecule has 7 nitrogen and oxygen atoms in total. The minimum absolute atomic E-state index is 0.0110. The number of aliphatic hydroxyl groups is 1. The van der Waals surface area contributed by atoms with Crippen LogP contribution < -0.4 is 0 Å². The van der Waals surface area contributed by atoms with Crippen molar-refractivity contribution in [2.24, 2.45) is 10.8 Å². The van der Waals surface area contributed by atoms with Gasteiger partial charge in [0.25, 0.3) is 0 Å². The van der Waals surface area contributed by atoms with Crippen molar-refractivity contribution >= 4 is 11.9 Å². The molecule has 0 aromatic carbocycles. The predicted octanol–water partition coefficient (Wildman–Crippen LogP) is 2.46. The highest BCUT2D eigenvalue weighted by atomic mass is 16.6. The Kier molecular flexibility index (Phi) is 5.36. The maximum Gasteiger partial charge on any atom is 0.330 e. The van der Waals surface area contributed by atoms with Crippen LogP contribution in [0.15, 0.2) is 23.3 Å². The molecule has 1 N–H and O–H groups in total. The number of carbonyl (C=O) groups is 2. The van der Waals surface area contributed by atoms with Crippen LogP contribution in [0.5, 0.6) is 0 Å². The first-order valence-corrected chi connectivity index (χ1v) is 10.8. The number of esters is 2. The van der Waals surface area contributed by atoms with Crippen LogP contribution in [0, 0.1) is 10.8 Å². The molecule has 2 saturated heterocycles. The van der Waals surface area contributed by atoms with E-state index in [1.54, 1.807) is 6.92 Å². The molecule has 1 saturated carbocycles. The number of allylic oxidation sites excluding steroid dienone is 1. The summed E-state index contributed by atoms with van der Waals surface area (Å²) in [6.07, 6.45) is 5.48. The number of rotatable bonds is 6. The van der Waals surface area contributed by atoms with E-state index in [1.807, 2.05) is 0 Å². The molecule has 0 aromatic rings. The fourth-order valence-electron chi connectivity index (χ4n) is 6.03. The standard InChI is InChI=1S/C23H32O7/c1-14-5-7-22(12-27-20(26)10-15(2)6-8-24)18(9-14)30-19-11-17(29-16(3)25)21(22,4)23(19)13-28-23/h9-10,17-19,24H,5-8,11-13H2,1-4H3/b15-10+/t17-,18-,19-,21-,22-,23?/m1/s1. The Balaban J connectivity index is 1.68. The van der Waals surface area contributed by atoms with Gasteiger partial charge in [-0.2, -0.15) is 0 Å². The summed E-state index contributed by atoms with van der Waals surface area (Å²) in [5, 5.41) is 9.06. The highest BCUT2D eigenvalue weighted by molar-refractivity contribution is 5.82. The van der Waals surface area contributed by atoms with Crippen molar-refractivity contribution in [2.75, 3.05) is 19.8 Å². The quantitative estimate of drug-likeness (QED) is 0.305. The number of hydrogen-bond acceptors (Lipinski definition) is 7. The molecule has 4 aliphatic rings. The van der Waals surface area contributed by atoms with Gasteiger partial charge in [0.05, 0.1) is 24.2 Å². The normalized spacial score (nSPS) is 41.8. The predicted molar refractivity (Wildman–Crippen MR) is 107 cm³/mol. The summed E-state index contributed by atoms with van der Waals surface area (Å²) in [6, 6.07) is 0. The molecule has 7 heteroatoms. The molecule has 2 bridgehead atoms. The van der Waals surface area contributed by atoms with Gasteiger partial charge in [-0.1, -0.05) is 24.1 Å². The van der Waals surface area contributed by atoms with E-state index in [1.165, 1.54) is 18.6 Å². The maximum absolute atomic E-state index is 12.5. The Morgan fingerprint density at radius 2 is 2.10 bits per heavy atom. The molecular weight excluding hydrogens is 388 g/mol. The van der Waals surface area contributed by atoms with Gasteiger partial charge in [0.15, 0.2) is 0 Å². The van der Waals surface area contributed by atoms with Gasteiger partial charge in [-0.25, -0.2) is 4.79 Å². The summed E-state index contributed by atoms with van der Waals surface area (Å²) in [5.41, 5.74) is 0.436. The topological polar surface area (TPSA) is 94.6 Å². The zero-order valence-corrected chi connectivity index (χ0v) is 18.2. The van der Waals surface area contributed by atoms with E-state index in [4.69, 9.17) is 24.1 Å². The van der Waals surface area contributed by atoms with E-state index >= 15 is 0 Å². The van der Waals surface area contributed by atoms with Gasteiger partial charge in [-0.05, 0) is 33.1 Å². The summed E-state index contributed by atoms with van der Waals surface area (Å²) in [4.78, 5) is 24.4. The molecule has 6 atom stereocenters. The Bertz CT molecular complexity index is 795. The third-order valence-electron chi connectivity index (χ3n) is 7.87. The average molecular weight is 421 g/mol. The second kappa shape index (κ2) is 7.46. The fourth-order valence-corrected chi connectivity index (χ4v) is 6.03. The van der Waals surface area contributed by atoms with Crippen molar-refractivity contribution in [3.63, 3.8) is 0 Å². The van der Waals surface area contributed by atoms with Gasteiger partial charge in [-0.3, -0.25) is 4.79 Å². The number of epoxide rings is 1. The SMILES string of the molecule is CC(=O)O[C@@H]1C[C@H]2O[C@@H]3C=C(C)CC[C@]3(COC(=O)/C=C(\C)CCO)[C@]1(C)C21CO1. The summed E-state index contributed by atoms with van der Waals surface area (Å²) >= 11 is 0. The van der Waals surface area contributed by atoms with Gasteiger partial charge < -0.3 is 24.1 Å². The number of ether oxygens (including phenoxy) is 4. The molecule has 0 amide bonds. The Labute approximate surface area is 177 Å². The van der Waals surface area contributed by atoms with Crippen molar-refractivity contribution < 1.29 is 33.6 Å². The highest BCUT2D eigenvalue weighted by Crippen LogP contribution is 2.72. The number of fused-ring (bicyclic) bond motifs is 2. The van der Waals surface area contributed by atoms with Crippen LogP contribution in [0.3, 0.4) is 0 Å². The van der Waals surface area contributed by atoms with Crippen molar-refractivity contribution in [3.8, 4) is 0 Å². The zero-order chi connectivity index (χ0) is 21.7. The lowest BCUT2D eigenvalue weighted by Crippen LogP contribution is -2.66. The number of carbonyl (C=O) groups excluding carboxylic acids is 2. The van der Waals surface area contributed by atoms with E-state index in [-0.39, 0.29) is 37.5 Å². The molecule has 2 heterocycles. The summed E-state index contributed by atoms with van der Waals surface area (Å²) in [6.45, 7) is 8.15. The van der Waals surface area contributed by atoms with E-state index in [0.29, 0.717) is 19.4 Å². The monoisotopic (exact) mass is 420 g/mol. The minimum Gasteiger partial charge on any atom is -0.462 e. The van der Waals surface area contributed by atoms with Gasteiger partial charge in [0.2, 0.25) is 0 Å². The fraction of sp³-hybridized carbons (Fsp3) is 0.739. The first-order chi connectivity index (χ1) is 14.2. The Morgan fingerprint density at radius 3 is 2.73 bits per heavy atom. The molecule has 1 unspecified atom stereocenters. The Hall–Kier alpha value is -1.70. The molecule has 30 heavy (non-hydrogen) atoms. The first kappa shape index (κ1) is 21.5. The molecule has 0 radical (unpaired) electrons. The zero-order valence-electron chi connectivity index (χ0n) is 18.2. The van der Waals surface area contributed by atoms with Crippen LogP contribution in [0.4, 0.5) is 0 Å². The maximum atomic E-state index is 12.5. The highest BCUT2D eigenvalue weighted by Gasteiger charge is 2.83. The third-order valence-corrected chi connectivity index (χ3v) is 7.87. The first-order valence-electron chi connectivity index (χ1n) is 10.8. The van der Waals surface area contributed by atoms with E-state index < -0.39 is 22.4 Å². The Morgan fingerprint density at radius 1 is 1.37 bits per heavy atom. The van der Waals surface area contributed by atoms with Gasteiger partial charge in [-0.15, -0.1) is 0 Å². The van der Waals surface area contributed by atoms with Crippen LogP contribution in [0.2, 0.25) is 0 Å². The lowest BCUT2D eigenvalue weighted by atomic mass is 9.51. The molecule has 2 aliphatic carbocycles. The van der Waals surface area contributed by atoms with Crippen LogP contribution in [-0.2, 0) is 28.5 Å². The minimum atomic E-state index is -0.551. The molecule has 2 aliphatic heterocycles. The smallest absolute Gasteiger partial charge is 0.330 e. The molecule has 4 rings (SSSR count). The van der Waals surface area contributed by atoms with Crippen LogP contribution in [0.25, 0.3) is 0 Å². The van der Waals surface area contributed by atoms with Gasteiger partial charge in [0.1, 0.15) is 18.3 Å². The third kappa shape index (κ3) is 3.05. The van der Waals surface area contributed by atoms with Crippen molar-refractivity contribution in [3.05, 3.63) is 23.3 Å². The van der Waals surface area contributed by atoms with Crippen LogP contribution in [-0.4, -0.2) is 60.8 Å². The number of hydrogen-bond donors (Lipinski definition) is 1. The second-order valence-electron chi connectivity index (χ2n) is 9.50. The molecule has 166 valence electrons. The molecular formula is C23H32O7. The van der Waals surface area contributed by atoms with Crippen LogP contribution >= 0.6 is 0 Å². The van der Waals surface area contributed by atoms with Gasteiger partial charge >= 0.3 is 11.9 Å². The van der Waals surface area contributed by atoms with Crippen molar-refractivity contribution in [2.45, 2.75) is 77.3 Å². The van der Waals surface area contributed by atoms with Gasteiger partial charge in [0, 0.05) is 31.4 Å². The average Bonchev–Trinajstić information content (AvgIpc) is 3.44. The second-order valence-corrected chi connectivity index (χ2v) is 9.50.